The summed E-state index contributed by atoms with van der Waals surface area (Å²) in [6, 6.07) is 0. The zero-order chi connectivity index (χ0) is 10.3. The molecule has 0 fully saturated rings. The normalized spacial score (nSPS) is 15.1. The van der Waals surface area contributed by atoms with Crippen molar-refractivity contribution < 1.29 is 19.7 Å². The van der Waals surface area contributed by atoms with Gasteiger partial charge in [-0.2, -0.15) is 11.8 Å². The predicted octanol–water partition coefficient (Wildman–Crippen LogP) is 0.0244. The van der Waals surface area contributed by atoms with E-state index in [-0.39, 0.29) is 17.8 Å². The van der Waals surface area contributed by atoms with E-state index >= 15 is 0 Å². The molecular formula is C8H16O4S. The third-order valence-electron chi connectivity index (χ3n) is 1.47. The van der Waals surface area contributed by atoms with Crippen LogP contribution in [0.1, 0.15) is 13.3 Å². The Kier molecular flexibility index (Phi) is 7.03. The zero-order valence-electron chi connectivity index (χ0n) is 7.90. The van der Waals surface area contributed by atoms with Gasteiger partial charge < -0.3 is 14.9 Å². The lowest BCUT2D eigenvalue weighted by Gasteiger charge is -2.11. The molecule has 2 atom stereocenters. The second-order valence-electron chi connectivity index (χ2n) is 2.76. The van der Waals surface area contributed by atoms with E-state index in [1.165, 1.54) is 18.9 Å². The molecule has 13 heavy (non-hydrogen) atoms. The molecule has 78 valence electrons. The number of carbonyl (C=O) groups is 1. The van der Waals surface area contributed by atoms with Gasteiger partial charge in [0.15, 0.2) is 0 Å². The van der Waals surface area contributed by atoms with Crippen molar-refractivity contribution in [2.75, 3.05) is 19.5 Å². The molecule has 2 unspecified atom stereocenters. The molecule has 0 aromatic carbocycles. The fourth-order valence-electron chi connectivity index (χ4n) is 0.705. The summed E-state index contributed by atoms with van der Waals surface area (Å²) < 4.78 is 4.49. The standard InChI is InChI=1S/C8H16O4S/c1-6(3-8(11)12-2)13-5-7(10)4-9/h6-7,9-10H,3-5H2,1-2H3. The van der Waals surface area contributed by atoms with Crippen molar-refractivity contribution in [3.8, 4) is 0 Å². The highest BCUT2D eigenvalue weighted by Crippen LogP contribution is 2.15. The molecule has 0 saturated heterocycles. The van der Waals surface area contributed by atoms with Gasteiger partial charge in [-0.1, -0.05) is 6.92 Å². The second kappa shape index (κ2) is 7.17. The van der Waals surface area contributed by atoms with Crippen LogP contribution in [0.4, 0.5) is 0 Å². The summed E-state index contributed by atoms with van der Waals surface area (Å²) in [5.41, 5.74) is 0. The fraction of sp³-hybridized carbons (Fsp3) is 0.875. The van der Waals surface area contributed by atoms with Crippen molar-refractivity contribution in [2.24, 2.45) is 0 Å². The van der Waals surface area contributed by atoms with Crippen LogP contribution in [0.15, 0.2) is 0 Å². The number of aliphatic hydroxyl groups is 2. The molecule has 0 aromatic rings. The number of esters is 1. The van der Waals surface area contributed by atoms with Crippen LogP contribution in [0.5, 0.6) is 0 Å². The van der Waals surface area contributed by atoms with Crippen LogP contribution >= 0.6 is 11.8 Å². The van der Waals surface area contributed by atoms with E-state index in [0.717, 1.165) is 0 Å². The highest BCUT2D eigenvalue weighted by Gasteiger charge is 2.11. The topological polar surface area (TPSA) is 66.8 Å². The van der Waals surface area contributed by atoms with Crippen LogP contribution in [-0.2, 0) is 9.53 Å². The monoisotopic (exact) mass is 208 g/mol. The Labute approximate surface area is 82.3 Å². The summed E-state index contributed by atoms with van der Waals surface area (Å²) in [5, 5.41) is 17.6. The molecule has 0 saturated carbocycles. The van der Waals surface area contributed by atoms with E-state index in [2.05, 4.69) is 4.74 Å². The quantitative estimate of drug-likeness (QED) is 0.603. The van der Waals surface area contributed by atoms with Gasteiger partial charge in [-0.3, -0.25) is 4.79 Å². The van der Waals surface area contributed by atoms with E-state index in [9.17, 15) is 4.79 Å². The Morgan fingerprint density at radius 1 is 1.62 bits per heavy atom. The van der Waals surface area contributed by atoms with Gasteiger partial charge in [0.2, 0.25) is 0 Å². The van der Waals surface area contributed by atoms with E-state index in [1.807, 2.05) is 6.92 Å². The van der Waals surface area contributed by atoms with Crippen molar-refractivity contribution in [2.45, 2.75) is 24.7 Å². The first-order valence-electron chi connectivity index (χ1n) is 4.07. The lowest BCUT2D eigenvalue weighted by molar-refractivity contribution is -0.140. The first-order chi connectivity index (χ1) is 6.10. The molecule has 0 rings (SSSR count). The third-order valence-corrected chi connectivity index (χ3v) is 2.78. The van der Waals surface area contributed by atoms with Gasteiger partial charge in [-0.25, -0.2) is 0 Å². The van der Waals surface area contributed by atoms with Crippen molar-refractivity contribution in [1.29, 1.82) is 0 Å². The van der Waals surface area contributed by atoms with E-state index in [1.54, 1.807) is 0 Å². The largest absolute Gasteiger partial charge is 0.469 e. The Hall–Kier alpha value is -0.260. The average Bonchev–Trinajstić information content (AvgIpc) is 2.13. The average molecular weight is 208 g/mol. The number of rotatable bonds is 6. The molecule has 0 amide bonds. The maximum absolute atomic E-state index is 10.8. The van der Waals surface area contributed by atoms with Crippen molar-refractivity contribution in [3.05, 3.63) is 0 Å². The van der Waals surface area contributed by atoms with Gasteiger partial charge in [0.1, 0.15) is 0 Å². The van der Waals surface area contributed by atoms with Gasteiger partial charge in [0.05, 0.1) is 26.2 Å². The number of thioether (sulfide) groups is 1. The SMILES string of the molecule is COC(=O)CC(C)SCC(O)CO. The molecule has 0 heterocycles. The minimum absolute atomic E-state index is 0.105. The third kappa shape index (κ3) is 6.86. The number of ether oxygens (including phenoxy) is 1. The molecule has 0 aliphatic carbocycles. The smallest absolute Gasteiger partial charge is 0.306 e. The molecule has 0 aromatic heterocycles. The summed E-state index contributed by atoms with van der Waals surface area (Å²) >= 11 is 1.44. The van der Waals surface area contributed by atoms with Crippen molar-refractivity contribution in [1.82, 2.24) is 0 Å². The van der Waals surface area contributed by atoms with Crippen LogP contribution in [0.3, 0.4) is 0 Å². The highest BCUT2D eigenvalue weighted by molar-refractivity contribution is 7.99. The highest BCUT2D eigenvalue weighted by atomic mass is 32.2. The Balaban J connectivity index is 3.50. The number of carbonyl (C=O) groups excluding carboxylic acids is 1. The Bertz CT molecular complexity index is 151. The predicted molar refractivity (Wildman–Crippen MR) is 51.6 cm³/mol. The molecule has 2 N–H and O–H groups in total. The second-order valence-corrected chi connectivity index (χ2v) is 4.23. The van der Waals surface area contributed by atoms with Crippen LogP contribution in [0.25, 0.3) is 0 Å². The summed E-state index contributed by atoms with van der Waals surface area (Å²) in [6.45, 7) is 1.64. The Morgan fingerprint density at radius 2 is 2.23 bits per heavy atom. The zero-order valence-corrected chi connectivity index (χ0v) is 8.71. The van der Waals surface area contributed by atoms with E-state index in [4.69, 9.17) is 10.2 Å². The lowest BCUT2D eigenvalue weighted by Crippen LogP contribution is -2.18. The van der Waals surface area contributed by atoms with E-state index in [0.29, 0.717) is 12.2 Å². The number of methoxy groups -OCH3 is 1. The van der Waals surface area contributed by atoms with Crippen LogP contribution in [0, 0.1) is 0 Å². The first-order valence-corrected chi connectivity index (χ1v) is 5.12. The van der Waals surface area contributed by atoms with Crippen molar-refractivity contribution in [3.63, 3.8) is 0 Å². The molecule has 5 heteroatoms. The molecule has 0 radical (unpaired) electrons. The van der Waals surface area contributed by atoms with E-state index < -0.39 is 6.10 Å². The van der Waals surface area contributed by atoms with Crippen molar-refractivity contribution >= 4 is 17.7 Å². The minimum Gasteiger partial charge on any atom is -0.469 e. The van der Waals surface area contributed by atoms with Gasteiger partial charge in [0, 0.05) is 11.0 Å². The number of hydrogen-bond acceptors (Lipinski definition) is 5. The van der Waals surface area contributed by atoms with Crippen LogP contribution < -0.4 is 0 Å². The summed E-state index contributed by atoms with van der Waals surface area (Å²) in [6.07, 6.45) is -0.371. The van der Waals surface area contributed by atoms with Gasteiger partial charge >= 0.3 is 5.97 Å². The molecule has 0 spiro atoms. The number of hydrogen-bond donors (Lipinski definition) is 2. The minimum atomic E-state index is -0.704. The fourth-order valence-corrected chi connectivity index (χ4v) is 1.62. The molecule has 0 aliphatic rings. The Morgan fingerprint density at radius 3 is 2.69 bits per heavy atom. The van der Waals surface area contributed by atoms with Gasteiger partial charge in [-0.15, -0.1) is 0 Å². The number of aliphatic hydroxyl groups excluding tert-OH is 2. The molecule has 0 bridgehead atoms. The molecule has 4 nitrogen and oxygen atoms in total. The maximum Gasteiger partial charge on any atom is 0.306 e. The molecule has 0 aliphatic heterocycles. The van der Waals surface area contributed by atoms with Crippen LogP contribution in [-0.4, -0.2) is 47.0 Å². The van der Waals surface area contributed by atoms with Gasteiger partial charge in [0.25, 0.3) is 0 Å². The lowest BCUT2D eigenvalue weighted by atomic mass is 10.3. The summed E-state index contributed by atoms with van der Waals surface area (Å²) in [5.74, 6) is 0.188. The summed E-state index contributed by atoms with van der Waals surface area (Å²) in [7, 11) is 1.35. The maximum atomic E-state index is 10.8. The first kappa shape index (κ1) is 12.7. The van der Waals surface area contributed by atoms with Gasteiger partial charge in [-0.05, 0) is 0 Å². The molecular weight excluding hydrogens is 192 g/mol. The van der Waals surface area contributed by atoms with Crippen LogP contribution in [0.2, 0.25) is 0 Å². The summed E-state index contributed by atoms with van der Waals surface area (Å²) in [4.78, 5) is 10.8.